The van der Waals surface area contributed by atoms with Crippen LogP contribution in [0, 0.1) is 62.3 Å². The molecule has 0 fully saturated rings. The summed E-state index contributed by atoms with van der Waals surface area (Å²) in [6.07, 6.45) is 0. The van der Waals surface area contributed by atoms with E-state index < -0.39 is 7.82 Å². The molecule has 7 nitrogen and oxygen atoms in total. The number of quaternary nitrogens is 3. The Hall–Kier alpha value is -2.35. The fraction of sp³-hybridized carbons (Fsp3) is 0.333. The zero-order chi connectivity index (χ0) is 27.7. The highest BCUT2D eigenvalue weighted by Gasteiger charge is 2.02. The molecule has 194 valence electrons. The molecule has 9 N–H and O–H groups in total. The molecule has 0 amide bonds. The van der Waals surface area contributed by atoms with Crippen LogP contribution in [0.3, 0.4) is 0 Å². The highest BCUT2D eigenvalue weighted by atomic mass is 31.2. The lowest BCUT2D eigenvalue weighted by atomic mass is 10.0. The number of hydrogen-bond donors (Lipinski definition) is 3. The largest absolute Gasteiger partial charge is 0.822 e. The van der Waals surface area contributed by atoms with E-state index in [1.165, 1.54) is 50.1 Å². The average molecular weight is 504 g/mol. The molecule has 0 aromatic heterocycles. The monoisotopic (exact) mass is 503 g/mol. The van der Waals surface area contributed by atoms with Crippen molar-refractivity contribution in [2.45, 2.75) is 62.3 Å². The minimum Gasteiger partial charge on any atom is -0.822 e. The van der Waals surface area contributed by atoms with E-state index in [2.05, 4.69) is 116 Å². The van der Waals surface area contributed by atoms with E-state index in [1.807, 2.05) is 0 Å². The van der Waals surface area contributed by atoms with Gasteiger partial charge in [-0.2, -0.15) is 7.82 Å². The SMILES string of the molecule is Cc1ccc([NH3+])c(C)c1C.Cc1ccc([NH3+])c(C)c1C.Cc1ccc([NH3+])c(C)c1C.O=P([O-])([O-])[O-]. The van der Waals surface area contributed by atoms with E-state index in [0.29, 0.717) is 0 Å². The Morgan fingerprint density at radius 1 is 0.457 bits per heavy atom. The van der Waals surface area contributed by atoms with Crippen LogP contribution in [0.2, 0.25) is 0 Å². The minimum absolute atomic E-state index is 1.14. The fourth-order valence-corrected chi connectivity index (χ4v) is 3.04. The van der Waals surface area contributed by atoms with Gasteiger partial charge < -0.3 is 36.4 Å². The first-order valence-corrected chi connectivity index (χ1v) is 12.7. The summed E-state index contributed by atoms with van der Waals surface area (Å²) in [5, 5.41) is 0. The van der Waals surface area contributed by atoms with Gasteiger partial charge >= 0.3 is 0 Å². The van der Waals surface area contributed by atoms with Crippen molar-refractivity contribution in [3.05, 3.63) is 86.5 Å². The number of hydrogen-bond acceptors (Lipinski definition) is 4. The molecule has 3 rings (SSSR count). The van der Waals surface area contributed by atoms with Crippen LogP contribution < -0.4 is 31.9 Å². The van der Waals surface area contributed by atoms with Crippen LogP contribution in [-0.4, -0.2) is 0 Å². The molecule has 0 aliphatic carbocycles. The summed E-state index contributed by atoms with van der Waals surface area (Å²) in [6.45, 7) is 19.1. The van der Waals surface area contributed by atoms with Crippen LogP contribution in [0.15, 0.2) is 36.4 Å². The summed E-state index contributed by atoms with van der Waals surface area (Å²) in [5.74, 6) is 0. The van der Waals surface area contributed by atoms with Crippen LogP contribution in [0.5, 0.6) is 0 Å². The highest BCUT2D eigenvalue weighted by Crippen LogP contribution is 2.18. The molecule has 0 bridgehead atoms. The maximum Gasteiger partial charge on any atom is 0.131 e. The third-order valence-electron chi connectivity index (χ3n) is 6.51. The standard InChI is InChI=1S/3C9H13N.H3O4P/c3*1-6-4-5-9(10)8(3)7(6)2;1-5(2,3)4/h3*4-5H,10H2,1-3H3;(H3,1,2,3,4). The van der Waals surface area contributed by atoms with Gasteiger partial charge in [-0.1, -0.05) is 18.2 Å². The van der Waals surface area contributed by atoms with E-state index in [9.17, 15) is 0 Å². The zero-order valence-corrected chi connectivity index (χ0v) is 23.6. The van der Waals surface area contributed by atoms with Crippen molar-refractivity contribution in [1.82, 2.24) is 0 Å². The van der Waals surface area contributed by atoms with Crippen LogP contribution in [0.25, 0.3) is 0 Å². The minimum atomic E-state index is -5.39. The maximum atomic E-state index is 8.55. The Balaban J connectivity index is 0.000000453. The van der Waals surface area contributed by atoms with Gasteiger partial charge in [-0.05, 0) is 114 Å². The summed E-state index contributed by atoms with van der Waals surface area (Å²) in [7, 11) is -5.39. The summed E-state index contributed by atoms with van der Waals surface area (Å²) in [6, 6.07) is 12.5. The lowest BCUT2D eigenvalue weighted by molar-refractivity contribution is -0.432. The molecule has 0 spiro atoms. The van der Waals surface area contributed by atoms with Gasteiger partial charge in [0.25, 0.3) is 0 Å². The Morgan fingerprint density at radius 2 is 0.629 bits per heavy atom. The molecule has 0 aliphatic heterocycles. The number of phosphoric acid groups is 1. The predicted molar refractivity (Wildman–Crippen MR) is 137 cm³/mol. The van der Waals surface area contributed by atoms with Gasteiger partial charge in [-0.15, -0.1) is 0 Å². The van der Waals surface area contributed by atoms with Crippen molar-refractivity contribution in [3.63, 3.8) is 0 Å². The van der Waals surface area contributed by atoms with Gasteiger partial charge in [0.05, 0.1) is 0 Å². The lowest BCUT2D eigenvalue weighted by Gasteiger charge is -2.36. The highest BCUT2D eigenvalue weighted by molar-refractivity contribution is 7.40. The first kappa shape index (κ1) is 32.6. The van der Waals surface area contributed by atoms with E-state index in [-0.39, 0.29) is 0 Å². The number of rotatable bonds is 0. The molecule has 0 saturated heterocycles. The molecule has 35 heavy (non-hydrogen) atoms. The Bertz CT molecular complexity index is 967. The van der Waals surface area contributed by atoms with Crippen molar-refractivity contribution in [2.75, 3.05) is 0 Å². The van der Waals surface area contributed by atoms with Gasteiger partial charge in [0, 0.05) is 16.7 Å². The summed E-state index contributed by atoms with van der Waals surface area (Å²) in [4.78, 5) is 25.6. The fourth-order valence-electron chi connectivity index (χ4n) is 3.04. The van der Waals surface area contributed by atoms with Crippen molar-refractivity contribution in [2.24, 2.45) is 0 Å². The number of benzene rings is 3. The van der Waals surface area contributed by atoms with Gasteiger partial charge in [-0.25, -0.2) is 0 Å². The van der Waals surface area contributed by atoms with E-state index in [4.69, 9.17) is 19.2 Å². The van der Waals surface area contributed by atoms with Gasteiger partial charge in [0.2, 0.25) is 0 Å². The average Bonchev–Trinajstić information content (AvgIpc) is 2.77. The molecule has 0 aliphatic rings. The van der Waals surface area contributed by atoms with Crippen molar-refractivity contribution in [3.8, 4) is 0 Å². The third-order valence-corrected chi connectivity index (χ3v) is 6.51. The second-order valence-corrected chi connectivity index (χ2v) is 9.72. The first-order chi connectivity index (χ1) is 15.9. The molecule has 3 aromatic rings. The zero-order valence-electron chi connectivity index (χ0n) is 22.7. The molecule has 3 aromatic carbocycles. The normalized spacial score (nSPS) is 10.3. The topological polar surface area (TPSA) is 169 Å². The van der Waals surface area contributed by atoms with E-state index in [0.717, 1.165) is 17.1 Å². The number of aryl methyl sites for hydroxylation is 3. The van der Waals surface area contributed by atoms with Gasteiger partial charge in [0.1, 0.15) is 17.1 Å². The maximum absolute atomic E-state index is 8.55. The third kappa shape index (κ3) is 11.8. The van der Waals surface area contributed by atoms with E-state index >= 15 is 0 Å². The van der Waals surface area contributed by atoms with Gasteiger partial charge in [-0.3, -0.25) is 0 Å². The summed E-state index contributed by atoms with van der Waals surface area (Å²) >= 11 is 0. The molecule has 0 heterocycles. The summed E-state index contributed by atoms with van der Waals surface area (Å²) in [5.41, 5.74) is 27.3. The second-order valence-electron chi connectivity index (χ2n) is 8.82. The molecule has 0 atom stereocenters. The molecule has 0 radical (unpaired) electrons. The van der Waals surface area contributed by atoms with Crippen LogP contribution in [-0.2, 0) is 4.57 Å². The molecular formula is C27H42N3O4P. The first-order valence-electron chi connectivity index (χ1n) is 11.3. The second kappa shape index (κ2) is 14.3. The quantitative estimate of drug-likeness (QED) is 0.396. The van der Waals surface area contributed by atoms with Crippen molar-refractivity contribution < 1.29 is 36.4 Å². The van der Waals surface area contributed by atoms with E-state index in [1.54, 1.807) is 0 Å². The van der Waals surface area contributed by atoms with Crippen LogP contribution in [0.1, 0.15) is 50.1 Å². The smallest absolute Gasteiger partial charge is 0.131 e. The molecular weight excluding hydrogens is 461 g/mol. The molecule has 8 heteroatoms. The lowest BCUT2D eigenvalue weighted by Crippen LogP contribution is -2.41. The summed E-state index contributed by atoms with van der Waals surface area (Å²) < 4.78 is 8.55. The van der Waals surface area contributed by atoms with Gasteiger partial charge in [0.15, 0.2) is 0 Å². The van der Waals surface area contributed by atoms with Crippen molar-refractivity contribution in [1.29, 1.82) is 0 Å². The molecule has 0 saturated carbocycles. The molecule has 0 unspecified atom stereocenters. The Kier molecular flexibility index (Phi) is 13.3. The predicted octanol–water partition coefficient (Wildman–Crippen LogP) is 1.63. The van der Waals surface area contributed by atoms with Crippen LogP contribution in [0.4, 0.5) is 17.1 Å². The van der Waals surface area contributed by atoms with Crippen molar-refractivity contribution >= 4 is 24.9 Å². The Labute approximate surface area is 210 Å². The Morgan fingerprint density at radius 3 is 0.771 bits per heavy atom. The van der Waals surface area contributed by atoms with Crippen LogP contribution >= 0.6 is 7.82 Å².